The van der Waals surface area contributed by atoms with Crippen molar-refractivity contribution < 1.29 is 17.6 Å². The standard InChI is InChI=1S/C21H32FN3O3S/c22-19-8-3-4-9-20(19)24-13-15-25(16-14-24)29(27,28)17-5-12-23-21(26)11-10-18-6-1-2-7-18/h3-4,8-9,18H,1-2,5-7,10-17H2,(H,23,26). The largest absolute Gasteiger partial charge is 0.367 e. The van der Waals surface area contributed by atoms with Gasteiger partial charge >= 0.3 is 0 Å². The van der Waals surface area contributed by atoms with Crippen molar-refractivity contribution in [3.8, 4) is 0 Å². The Labute approximate surface area is 173 Å². The molecule has 1 saturated carbocycles. The zero-order valence-electron chi connectivity index (χ0n) is 17.0. The average Bonchev–Trinajstić information content (AvgIpc) is 3.24. The number of hydrogen-bond acceptors (Lipinski definition) is 4. The lowest BCUT2D eigenvalue weighted by atomic mass is 10.0. The maximum Gasteiger partial charge on any atom is 0.220 e. The van der Waals surface area contributed by atoms with Gasteiger partial charge in [0.1, 0.15) is 5.82 Å². The number of halogens is 1. The molecule has 0 unspecified atom stereocenters. The third-order valence-electron chi connectivity index (χ3n) is 5.98. The summed E-state index contributed by atoms with van der Waals surface area (Å²) in [5.74, 6) is 0.444. The Bertz CT molecular complexity index is 773. The smallest absolute Gasteiger partial charge is 0.220 e. The van der Waals surface area contributed by atoms with Crippen LogP contribution in [0.3, 0.4) is 0 Å². The predicted octanol–water partition coefficient (Wildman–Crippen LogP) is 2.75. The van der Waals surface area contributed by atoms with Gasteiger partial charge in [-0.05, 0) is 30.9 Å². The molecule has 0 radical (unpaired) electrons. The summed E-state index contributed by atoms with van der Waals surface area (Å²) in [5.41, 5.74) is 0.518. The number of nitrogens with zero attached hydrogens (tertiary/aromatic N) is 2. The normalized spacial score (nSPS) is 18.9. The third-order valence-corrected chi connectivity index (χ3v) is 7.94. The minimum absolute atomic E-state index is 0.0211. The van der Waals surface area contributed by atoms with Crippen LogP contribution in [-0.2, 0) is 14.8 Å². The molecule has 8 heteroatoms. The van der Waals surface area contributed by atoms with Crippen LogP contribution in [0.2, 0.25) is 0 Å². The Morgan fingerprint density at radius 1 is 1.10 bits per heavy atom. The Kier molecular flexibility index (Phi) is 7.89. The van der Waals surface area contributed by atoms with Crippen molar-refractivity contribution in [2.24, 2.45) is 5.92 Å². The number of piperazine rings is 1. The van der Waals surface area contributed by atoms with Gasteiger partial charge in [0.15, 0.2) is 0 Å². The van der Waals surface area contributed by atoms with Gasteiger partial charge in [-0.2, -0.15) is 4.31 Å². The topological polar surface area (TPSA) is 69.7 Å². The van der Waals surface area contributed by atoms with E-state index in [9.17, 15) is 17.6 Å². The first kappa shape index (κ1) is 22.0. The van der Waals surface area contributed by atoms with Crippen LogP contribution in [0.4, 0.5) is 10.1 Å². The van der Waals surface area contributed by atoms with Crippen LogP contribution in [0.15, 0.2) is 24.3 Å². The highest BCUT2D eigenvalue weighted by Crippen LogP contribution is 2.28. The quantitative estimate of drug-likeness (QED) is 0.618. The summed E-state index contributed by atoms with van der Waals surface area (Å²) in [6, 6.07) is 6.56. The summed E-state index contributed by atoms with van der Waals surface area (Å²) in [6.45, 7) is 2.03. The maximum absolute atomic E-state index is 13.9. The summed E-state index contributed by atoms with van der Waals surface area (Å²) in [7, 11) is -3.36. The number of para-hydroxylation sites is 1. The molecule has 0 aromatic heterocycles. The molecule has 0 atom stereocenters. The lowest BCUT2D eigenvalue weighted by molar-refractivity contribution is -0.121. The maximum atomic E-state index is 13.9. The second kappa shape index (κ2) is 10.4. The molecule has 1 aliphatic carbocycles. The van der Waals surface area contributed by atoms with Gasteiger partial charge in [0, 0.05) is 39.1 Å². The molecule has 6 nitrogen and oxygen atoms in total. The van der Waals surface area contributed by atoms with Crippen LogP contribution >= 0.6 is 0 Å². The van der Waals surface area contributed by atoms with E-state index in [2.05, 4.69) is 5.32 Å². The van der Waals surface area contributed by atoms with Crippen molar-refractivity contribution in [1.82, 2.24) is 9.62 Å². The van der Waals surface area contributed by atoms with E-state index in [-0.39, 0.29) is 17.5 Å². The lowest BCUT2D eigenvalue weighted by Gasteiger charge is -2.35. The molecular weight excluding hydrogens is 393 g/mol. The Hall–Kier alpha value is -1.67. The molecular formula is C21H32FN3O3S. The van der Waals surface area contributed by atoms with Crippen molar-refractivity contribution in [2.75, 3.05) is 43.4 Å². The molecule has 1 aromatic rings. The number of amides is 1. The number of hydrogen-bond donors (Lipinski definition) is 1. The van der Waals surface area contributed by atoms with E-state index >= 15 is 0 Å². The molecule has 1 aromatic carbocycles. The molecule has 2 aliphatic rings. The zero-order chi connectivity index (χ0) is 20.7. The van der Waals surface area contributed by atoms with Gasteiger partial charge in [0.25, 0.3) is 0 Å². The van der Waals surface area contributed by atoms with Gasteiger partial charge in [0.05, 0.1) is 11.4 Å². The fraction of sp³-hybridized carbons (Fsp3) is 0.667. The first-order valence-electron chi connectivity index (χ1n) is 10.7. The monoisotopic (exact) mass is 425 g/mol. The molecule has 2 fully saturated rings. The summed E-state index contributed by atoms with van der Waals surface area (Å²) in [4.78, 5) is 13.8. The number of anilines is 1. The van der Waals surface area contributed by atoms with Crippen molar-refractivity contribution >= 4 is 21.6 Å². The Morgan fingerprint density at radius 3 is 2.48 bits per heavy atom. The van der Waals surface area contributed by atoms with Crippen molar-refractivity contribution in [1.29, 1.82) is 0 Å². The van der Waals surface area contributed by atoms with Gasteiger partial charge in [-0.15, -0.1) is 0 Å². The highest BCUT2D eigenvalue weighted by Gasteiger charge is 2.27. The highest BCUT2D eigenvalue weighted by molar-refractivity contribution is 7.89. The van der Waals surface area contributed by atoms with Gasteiger partial charge in [-0.3, -0.25) is 4.79 Å². The fourth-order valence-corrected chi connectivity index (χ4v) is 5.74. The number of benzene rings is 1. The molecule has 1 aliphatic heterocycles. The number of rotatable bonds is 9. The van der Waals surface area contributed by atoms with Crippen LogP contribution in [0.1, 0.15) is 44.9 Å². The summed E-state index contributed by atoms with van der Waals surface area (Å²) >= 11 is 0. The molecule has 29 heavy (non-hydrogen) atoms. The molecule has 1 heterocycles. The summed E-state index contributed by atoms with van der Waals surface area (Å²) in [5, 5.41) is 2.85. The minimum atomic E-state index is -3.36. The van der Waals surface area contributed by atoms with E-state index in [0.717, 1.165) is 6.42 Å². The third kappa shape index (κ3) is 6.40. The summed E-state index contributed by atoms with van der Waals surface area (Å²) < 4.78 is 40.5. The van der Waals surface area contributed by atoms with E-state index in [1.54, 1.807) is 18.2 Å². The van der Waals surface area contributed by atoms with Crippen LogP contribution in [-0.4, -0.2) is 57.1 Å². The highest BCUT2D eigenvalue weighted by atomic mass is 32.2. The van der Waals surface area contributed by atoms with Gasteiger partial charge < -0.3 is 10.2 Å². The van der Waals surface area contributed by atoms with E-state index in [4.69, 9.17) is 0 Å². The van der Waals surface area contributed by atoms with E-state index in [1.807, 2.05) is 4.90 Å². The van der Waals surface area contributed by atoms with Crippen molar-refractivity contribution in [2.45, 2.75) is 44.9 Å². The molecule has 1 amide bonds. The molecule has 1 saturated heterocycles. The van der Waals surface area contributed by atoms with E-state index in [1.165, 1.54) is 36.1 Å². The van der Waals surface area contributed by atoms with Crippen molar-refractivity contribution in [3.63, 3.8) is 0 Å². The number of sulfonamides is 1. The molecule has 0 bridgehead atoms. The van der Waals surface area contributed by atoms with Crippen LogP contribution < -0.4 is 10.2 Å². The second-order valence-corrected chi connectivity index (χ2v) is 10.1. The van der Waals surface area contributed by atoms with E-state index < -0.39 is 10.0 Å². The number of carbonyl (C=O) groups is 1. The summed E-state index contributed by atoms with van der Waals surface area (Å²) in [6.07, 6.45) is 6.90. The Morgan fingerprint density at radius 2 is 1.79 bits per heavy atom. The lowest BCUT2D eigenvalue weighted by Crippen LogP contribution is -2.49. The van der Waals surface area contributed by atoms with Crippen LogP contribution in [0, 0.1) is 11.7 Å². The molecule has 162 valence electrons. The zero-order valence-corrected chi connectivity index (χ0v) is 17.8. The van der Waals surface area contributed by atoms with E-state index in [0.29, 0.717) is 57.2 Å². The second-order valence-electron chi connectivity index (χ2n) is 8.05. The minimum Gasteiger partial charge on any atom is -0.367 e. The fourth-order valence-electron chi connectivity index (χ4n) is 4.25. The van der Waals surface area contributed by atoms with Gasteiger partial charge in [-0.25, -0.2) is 12.8 Å². The molecule has 3 rings (SSSR count). The predicted molar refractivity (Wildman–Crippen MR) is 113 cm³/mol. The molecule has 1 N–H and O–H groups in total. The van der Waals surface area contributed by atoms with Gasteiger partial charge in [-0.1, -0.05) is 37.8 Å². The van der Waals surface area contributed by atoms with Gasteiger partial charge in [0.2, 0.25) is 15.9 Å². The average molecular weight is 426 g/mol. The number of nitrogens with one attached hydrogen (secondary N) is 1. The van der Waals surface area contributed by atoms with Crippen molar-refractivity contribution in [3.05, 3.63) is 30.1 Å². The first-order valence-corrected chi connectivity index (χ1v) is 12.3. The SMILES string of the molecule is O=C(CCC1CCCC1)NCCCS(=O)(=O)N1CCN(c2ccccc2F)CC1. The van der Waals surface area contributed by atoms with Crippen LogP contribution in [0.25, 0.3) is 0 Å². The first-order chi connectivity index (χ1) is 14.0. The molecule has 0 spiro atoms. The van der Waals surface area contributed by atoms with Crippen LogP contribution in [0.5, 0.6) is 0 Å². The number of carbonyl (C=O) groups excluding carboxylic acids is 1. The Balaban J connectivity index is 1.34.